The number of anilines is 1. The molecule has 1 aliphatic rings. The molecule has 0 radical (unpaired) electrons. The molecule has 3 rings (SSSR count). The maximum absolute atomic E-state index is 12.4. The van der Waals surface area contributed by atoms with Crippen LogP contribution in [0.1, 0.15) is 30.9 Å². The molecule has 7 heteroatoms. The van der Waals surface area contributed by atoms with Gasteiger partial charge >= 0.3 is 0 Å². The molecule has 0 aliphatic carbocycles. The van der Waals surface area contributed by atoms with Crippen LogP contribution in [0, 0.1) is 18.3 Å². The average Bonchev–Trinajstić information content (AvgIpc) is 2.73. The van der Waals surface area contributed by atoms with E-state index in [4.69, 9.17) is 11.6 Å². The van der Waals surface area contributed by atoms with E-state index in [1.807, 2.05) is 43.3 Å². The van der Waals surface area contributed by atoms with E-state index in [0.717, 1.165) is 16.8 Å². The normalized spacial score (nSPS) is 15.9. The standard InChI is InChI=1S/C24H22ClN3O2S/c1-14-4-10-19(11-5-14)28-21(30)13-31-24-20(12-26)23(17-6-8-18(25)9-7-17)22(16(3)29)15(2)27-24/h4-11,23,27H,13H2,1-3H3,(H,28,30)/t23-/m0/s1. The van der Waals surface area contributed by atoms with Gasteiger partial charge in [0.25, 0.3) is 0 Å². The Labute approximate surface area is 191 Å². The first kappa shape index (κ1) is 22.7. The van der Waals surface area contributed by atoms with Gasteiger partial charge in [-0.1, -0.05) is 53.2 Å². The molecule has 158 valence electrons. The molecular weight excluding hydrogens is 430 g/mol. The summed E-state index contributed by atoms with van der Waals surface area (Å²) in [6.07, 6.45) is 0. The number of nitriles is 1. The van der Waals surface area contributed by atoms with Crippen LogP contribution in [0.3, 0.4) is 0 Å². The third-order valence-electron chi connectivity index (χ3n) is 4.91. The molecule has 2 aromatic rings. The molecule has 2 aromatic carbocycles. The molecule has 1 aliphatic heterocycles. The highest BCUT2D eigenvalue weighted by atomic mass is 35.5. The number of nitrogens with zero attached hydrogens (tertiary/aromatic N) is 1. The summed E-state index contributed by atoms with van der Waals surface area (Å²) in [6, 6.07) is 16.9. The number of allylic oxidation sites excluding steroid dienone is 3. The molecule has 5 nitrogen and oxygen atoms in total. The number of Topliss-reactive ketones (excluding diaryl/α,β-unsaturated/α-hetero) is 1. The van der Waals surface area contributed by atoms with Gasteiger partial charge in [0, 0.05) is 22.0 Å². The van der Waals surface area contributed by atoms with Crippen molar-refractivity contribution in [1.82, 2.24) is 5.32 Å². The number of aryl methyl sites for hydroxylation is 1. The molecule has 0 saturated heterocycles. The Morgan fingerprint density at radius 2 is 1.77 bits per heavy atom. The summed E-state index contributed by atoms with van der Waals surface area (Å²) in [4.78, 5) is 24.8. The number of rotatable bonds is 6. The lowest BCUT2D eigenvalue weighted by molar-refractivity contribution is -0.114. The van der Waals surface area contributed by atoms with Crippen LogP contribution in [-0.4, -0.2) is 17.4 Å². The molecule has 1 heterocycles. The number of halogens is 1. The van der Waals surface area contributed by atoms with E-state index in [1.165, 1.54) is 18.7 Å². The van der Waals surface area contributed by atoms with Crippen molar-refractivity contribution in [1.29, 1.82) is 5.26 Å². The van der Waals surface area contributed by atoms with Crippen LogP contribution < -0.4 is 10.6 Å². The molecular formula is C24H22ClN3O2S. The molecule has 1 amide bonds. The number of amides is 1. The maximum atomic E-state index is 12.4. The minimum atomic E-state index is -0.510. The Morgan fingerprint density at radius 3 is 2.35 bits per heavy atom. The number of dihydropyridines is 1. The number of ketones is 1. The van der Waals surface area contributed by atoms with Gasteiger partial charge in [0.05, 0.1) is 28.3 Å². The number of nitrogens with one attached hydrogen (secondary N) is 2. The minimum Gasteiger partial charge on any atom is -0.353 e. The minimum absolute atomic E-state index is 0.112. The number of hydrogen-bond donors (Lipinski definition) is 2. The zero-order valence-electron chi connectivity index (χ0n) is 17.5. The van der Waals surface area contributed by atoms with E-state index in [9.17, 15) is 14.9 Å². The van der Waals surface area contributed by atoms with Gasteiger partial charge < -0.3 is 10.6 Å². The second-order valence-corrected chi connectivity index (χ2v) is 8.68. The molecule has 0 aromatic heterocycles. The van der Waals surface area contributed by atoms with E-state index in [0.29, 0.717) is 26.9 Å². The summed E-state index contributed by atoms with van der Waals surface area (Å²) in [5.41, 5.74) is 4.25. The molecule has 0 fully saturated rings. The monoisotopic (exact) mass is 451 g/mol. The van der Waals surface area contributed by atoms with Crippen molar-refractivity contribution in [2.75, 3.05) is 11.1 Å². The quantitative estimate of drug-likeness (QED) is 0.622. The Morgan fingerprint density at radius 1 is 1.13 bits per heavy atom. The van der Waals surface area contributed by atoms with Crippen LogP contribution in [0.15, 0.2) is 70.4 Å². The van der Waals surface area contributed by atoms with Crippen LogP contribution in [0.25, 0.3) is 0 Å². The molecule has 1 atom stereocenters. The third kappa shape index (κ3) is 5.38. The van der Waals surface area contributed by atoms with Crippen LogP contribution in [0.4, 0.5) is 5.69 Å². The number of benzene rings is 2. The van der Waals surface area contributed by atoms with E-state index >= 15 is 0 Å². The fourth-order valence-electron chi connectivity index (χ4n) is 3.45. The first-order valence-electron chi connectivity index (χ1n) is 9.68. The Kier molecular flexibility index (Phi) is 7.21. The first-order valence-corrected chi connectivity index (χ1v) is 11.0. The van der Waals surface area contributed by atoms with Crippen LogP contribution in [-0.2, 0) is 9.59 Å². The van der Waals surface area contributed by atoms with Crippen molar-refractivity contribution in [2.24, 2.45) is 0 Å². The van der Waals surface area contributed by atoms with Crippen molar-refractivity contribution >= 4 is 40.7 Å². The van der Waals surface area contributed by atoms with Crippen LogP contribution >= 0.6 is 23.4 Å². The van der Waals surface area contributed by atoms with Crippen molar-refractivity contribution in [3.05, 3.63) is 86.6 Å². The summed E-state index contributed by atoms with van der Waals surface area (Å²) in [6.45, 7) is 5.28. The summed E-state index contributed by atoms with van der Waals surface area (Å²) in [7, 11) is 0. The fraction of sp³-hybridized carbons (Fsp3) is 0.208. The highest BCUT2D eigenvalue weighted by molar-refractivity contribution is 8.03. The van der Waals surface area contributed by atoms with Crippen molar-refractivity contribution in [3.63, 3.8) is 0 Å². The third-order valence-corrected chi connectivity index (χ3v) is 6.18. The van der Waals surface area contributed by atoms with Crippen LogP contribution in [0.2, 0.25) is 5.02 Å². The molecule has 31 heavy (non-hydrogen) atoms. The second kappa shape index (κ2) is 9.86. The van der Waals surface area contributed by atoms with E-state index in [1.54, 1.807) is 19.1 Å². The van der Waals surface area contributed by atoms with Gasteiger partial charge in [0.2, 0.25) is 5.91 Å². The van der Waals surface area contributed by atoms with Gasteiger partial charge in [-0.3, -0.25) is 9.59 Å². The summed E-state index contributed by atoms with van der Waals surface area (Å²) >= 11 is 7.26. The molecule has 0 spiro atoms. The lowest BCUT2D eigenvalue weighted by Crippen LogP contribution is -2.27. The topological polar surface area (TPSA) is 82.0 Å². The van der Waals surface area contributed by atoms with E-state index in [-0.39, 0.29) is 17.4 Å². The molecule has 0 unspecified atom stereocenters. The van der Waals surface area contributed by atoms with Gasteiger partial charge in [-0.05, 0) is 50.6 Å². The number of hydrogen-bond acceptors (Lipinski definition) is 5. The van der Waals surface area contributed by atoms with Crippen molar-refractivity contribution in [3.8, 4) is 6.07 Å². The van der Waals surface area contributed by atoms with Gasteiger partial charge in [-0.15, -0.1) is 0 Å². The zero-order valence-corrected chi connectivity index (χ0v) is 19.0. The maximum Gasteiger partial charge on any atom is 0.234 e. The Balaban J connectivity index is 1.86. The summed E-state index contributed by atoms with van der Waals surface area (Å²) in [5, 5.41) is 17.1. The van der Waals surface area contributed by atoms with Gasteiger partial charge in [0.15, 0.2) is 5.78 Å². The molecule has 0 saturated carbocycles. The largest absolute Gasteiger partial charge is 0.353 e. The number of carbonyl (C=O) groups excluding carboxylic acids is 2. The van der Waals surface area contributed by atoms with Crippen LogP contribution in [0.5, 0.6) is 0 Å². The zero-order chi connectivity index (χ0) is 22.5. The van der Waals surface area contributed by atoms with E-state index in [2.05, 4.69) is 16.7 Å². The SMILES string of the molecule is CC(=O)C1=C(C)NC(SCC(=O)Nc2ccc(C)cc2)=C(C#N)[C@@H]1c1ccc(Cl)cc1. The average molecular weight is 452 g/mol. The fourth-order valence-corrected chi connectivity index (χ4v) is 4.47. The highest BCUT2D eigenvalue weighted by Gasteiger charge is 2.33. The Bertz CT molecular complexity index is 1110. The van der Waals surface area contributed by atoms with Gasteiger partial charge in [0.1, 0.15) is 0 Å². The molecule has 0 bridgehead atoms. The second-order valence-electron chi connectivity index (χ2n) is 7.26. The smallest absolute Gasteiger partial charge is 0.234 e. The first-order chi connectivity index (χ1) is 14.8. The summed E-state index contributed by atoms with van der Waals surface area (Å²) in [5.74, 6) is -0.678. The highest BCUT2D eigenvalue weighted by Crippen LogP contribution is 2.41. The number of carbonyl (C=O) groups is 2. The van der Waals surface area contributed by atoms with Crippen molar-refractivity contribution in [2.45, 2.75) is 26.7 Å². The Hall–Kier alpha value is -3.01. The van der Waals surface area contributed by atoms with Gasteiger partial charge in [-0.25, -0.2) is 0 Å². The lowest BCUT2D eigenvalue weighted by Gasteiger charge is -2.29. The predicted molar refractivity (Wildman–Crippen MR) is 126 cm³/mol. The predicted octanol–water partition coefficient (Wildman–Crippen LogP) is 5.31. The lowest BCUT2D eigenvalue weighted by atomic mass is 9.81. The summed E-state index contributed by atoms with van der Waals surface area (Å²) < 4.78 is 0. The van der Waals surface area contributed by atoms with Crippen molar-refractivity contribution < 1.29 is 9.59 Å². The molecule has 2 N–H and O–H groups in total. The number of thioether (sulfide) groups is 1. The van der Waals surface area contributed by atoms with Gasteiger partial charge in [-0.2, -0.15) is 5.26 Å². The van der Waals surface area contributed by atoms with E-state index < -0.39 is 5.92 Å².